The molecule has 0 atom stereocenters. The van der Waals surface area contributed by atoms with Gasteiger partial charge in [-0.1, -0.05) is 51.0 Å². The molecule has 0 spiro atoms. The molecular weight excluding hydrogens is 260 g/mol. The zero-order valence-electron chi connectivity index (χ0n) is 13.1. The van der Waals surface area contributed by atoms with Crippen LogP contribution in [0.15, 0.2) is 36.4 Å². The number of hydrogen-bond acceptors (Lipinski definition) is 2. The van der Waals surface area contributed by atoms with Crippen molar-refractivity contribution in [1.82, 2.24) is 0 Å². The lowest BCUT2D eigenvalue weighted by Crippen LogP contribution is -1.92. The molecule has 0 amide bonds. The number of allylic oxidation sites excluding steroid dienone is 2. The number of fused-ring (bicyclic) bond motifs is 1. The molecule has 0 unspecified atom stereocenters. The summed E-state index contributed by atoms with van der Waals surface area (Å²) in [5.74, 6) is 1.12. The van der Waals surface area contributed by atoms with Gasteiger partial charge >= 0.3 is 0 Å². The molecule has 0 bridgehead atoms. The number of methoxy groups -OCH3 is 1. The zero-order chi connectivity index (χ0) is 15.2. The van der Waals surface area contributed by atoms with E-state index in [1.54, 1.807) is 13.2 Å². The van der Waals surface area contributed by atoms with E-state index < -0.39 is 0 Å². The number of rotatable bonds is 6. The van der Waals surface area contributed by atoms with E-state index in [4.69, 9.17) is 4.74 Å². The van der Waals surface area contributed by atoms with Gasteiger partial charge in [0.25, 0.3) is 0 Å². The minimum atomic E-state index is 0.319. The Morgan fingerprint density at radius 2 is 1.95 bits per heavy atom. The van der Waals surface area contributed by atoms with Crippen molar-refractivity contribution >= 4 is 16.3 Å². The molecule has 0 aliphatic rings. The lowest BCUT2D eigenvalue weighted by molar-refractivity contribution is 0.419. The van der Waals surface area contributed by atoms with Crippen molar-refractivity contribution in [3.8, 4) is 11.5 Å². The van der Waals surface area contributed by atoms with Gasteiger partial charge in [0, 0.05) is 10.8 Å². The molecule has 2 rings (SSSR count). The zero-order valence-corrected chi connectivity index (χ0v) is 13.1. The van der Waals surface area contributed by atoms with Crippen LogP contribution in [0.3, 0.4) is 0 Å². The summed E-state index contributed by atoms with van der Waals surface area (Å²) in [6, 6.07) is 9.67. The molecule has 2 aromatic carbocycles. The topological polar surface area (TPSA) is 29.5 Å². The van der Waals surface area contributed by atoms with Gasteiger partial charge in [0.1, 0.15) is 11.5 Å². The van der Waals surface area contributed by atoms with Crippen LogP contribution >= 0.6 is 0 Å². The van der Waals surface area contributed by atoms with Crippen molar-refractivity contribution in [2.24, 2.45) is 0 Å². The SMILES string of the molecule is CCC/C=C(\CCC)c1ccc(OC)c2cccc(O)c12. The number of benzene rings is 2. The van der Waals surface area contributed by atoms with Gasteiger partial charge in [0.15, 0.2) is 0 Å². The van der Waals surface area contributed by atoms with Crippen LogP contribution in [-0.4, -0.2) is 12.2 Å². The average molecular weight is 284 g/mol. The molecule has 0 aliphatic heterocycles. The Morgan fingerprint density at radius 3 is 2.62 bits per heavy atom. The summed E-state index contributed by atoms with van der Waals surface area (Å²) in [6.07, 6.45) is 6.62. The molecule has 0 aromatic heterocycles. The number of unbranched alkanes of at least 4 members (excludes halogenated alkanes) is 1. The summed E-state index contributed by atoms with van der Waals surface area (Å²) in [7, 11) is 1.67. The third-order valence-corrected chi connectivity index (χ3v) is 3.74. The van der Waals surface area contributed by atoms with E-state index in [1.807, 2.05) is 18.2 Å². The Bertz CT molecular complexity index is 641. The van der Waals surface area contributed by atoms with E-state index in [1.165, 1.54) is 5.57 Å². The molecular formula is C19H24O2. The van der Waals surface area contributed by atoms with E-state index in [0.717, 1.165) is 47.8 Å². The van der Waals surface area contributed by atoms with Crippen LogP contribution in [-0.2, 0) is 0 Å². The largest absolute Gasteiger partial charge is 0.507 e. The van der Waals surface area contributed by atoms with Gasteiger partial charge in [-0.15, -0.1) is 0 Å². The molecule has 2 aromatic rings. The second-order valence-corrected chi connectivity index (χ2v) is 5.28. The van der Waals surface area contributed by atoms with Crippen molar-refractivity contribution in [2.75, 3.05) is 7.11 Å². The molecule has 2 heteroatoms. The average Bonchev–Trinajstić information content (AvgIpc) is 2.51. The van der Waals surface area contributed by atoms with Crippen LogP contribution in [0.2, 0.25) is 0 Å². The number of phenols is 1. The lowest BCUT2D eigenvalue weighted by Gasteiger charge is -2.14. The lowest BCUT2D eigenvalue weighted by atomic mass is 9.93. The van der Waals surface area contributed by atoms with Gasteiger partial charge in [0.05, 0.1) is 7.11 Å². The summed E-state index contributed by atoms with van der Waals surface area (Å²) < 4.78 is 5.43. The molecule has 0 aliphatic carbocycles. The van der Waals surface area contributed by atoms with Gasteiger partial charge < -0.3 is 9.84 Å². The second-order valence-electron chi connectivity index (χ2n) is 5.28. The minimum Gasteiger partial charge on any atom is -0.507 e. The third-order valence-electron chi connectivity index (χ3n) is 3.74. The number of ether oxygens (including phenoxy) is 1. The Labute approximate surface area is 127 Å². The minimum absolute atomic E-state index is 0.319. The van der Waals surface area contributed by atoms with Crippen LogP contribution < -0.4 is 4.74 Å². The number of hydrogen-bond donors (Lipinski definition) is 1. The maximum Gasteiger partial charge on any atom is 0.126 e. The van der Waals surface area contributed by atoms with Crippen LogP contribution in [0.25, 0.3) is 16.3 Å². The molecule has 0 saturated carbocycles. The quantitative estimate of drug-likeness (QED) is 0.755. The Balaban J connectivity index is 2.68. The Morgan fingerprint density at radius 1 is 1.14 bits per heavy atom. The maximum atomic E-state index is 10.3. The van der Waals surface area contributed by atoms with E-state index in [0.29, 0.717) is 5.75 Å². The maximum absolute atomic E-state index is 10.3. The normalized spacial score (nSPS) is 11.9. The molecule has 0 radical (unpaired) electrons. The van der Waals surface area contributed by atoms with E-state index in [-0.39, 0.29) is 0 Å². The third kappa shape index (κ3) is 3.21. The van der Waals surface area contributed by atoms with Crippen molar-refractivity contribution in [2.45, 2.75) is 39.5 Å². The van der Waals surface area contributed by atoms with E-state index in [2.05, 4.69) is 26.0 Å². The van der Waals surface area contributed by atoms with Crippen LogP contribution in [0, 0.1) is 0 Å². The van der Waals surface area contributed by atoms with Gasteiger partial charge in [-0.2, -0.15) is 0 Å². The van der Waals surface area contributed by atoms with Crippen LogP contribution in [0.4, 0.5) is 0 Å². The summed E-state index contributed by atoms with van der Waals surface area (Å²) in [6.45, 7) is 4.37. The summed E-state index contributed by atoms with van der Waals surface area (Å²) in [5.41, 5.74) is 2.44. The first-order valence-electron chi connectivity index (χ1n) is 7.71. The molecule has 0 saturated heterocycles. The summed E-state index contributed by atoms with van der Waals surface area (Å²) in [4.78, 5) is 0. The predicted molar refractivity (Wildman–Crippen MR) is 90.0 cm³/mol. The fraction of sp³-hybridized carbons (Fsp3) is 0.368. The first-order valence-corrected chi connectivity index (χ1v) is 7.71. The van der Waals surface area contributed by atoms with E-state index in [9.17, 15) is 5.11 Å². The first kappa shape index (κ1) is 15.4. The van der Waals surface area contributed by atoms with Gasteiger partial charge in [-0.3, -0.25) is 0 Å². The molecule has 21 heavy (non-hydrogen) atoms. The van der Waals surface area contributed by atoms with E-state index >= 15 is 0 Å². The van der Waals surface area contributed by atoms with Crippen molar-refractivity contribution in [3.05, 3.63) is 42.0 Å². The second kappa shape index (κ2) is 7.16. The van der Waals surface area contributed by atoms with Crippen molar-refractivity contribution < 1.29 is 9.84 Å². The monoisotopic (exact) mass is 284 g/mol. The van der Waals surface area contributed by atoms with Gasteiger partial charge in [-0.05, 0) is 36.1 Å². The molecule has 112 valence electrons. The highest BCUT2D eigenvalue weighted by molar-refractivity contribution is 6.01. The predicted octanol–water partition coefficient (Wildman–Crippen LogP) is 5.54. The molecule has 0 fully saturated rings. The van der Waals surface area contributed by atoms with Crippen LogP contribution in [0.5, 0.6) is 11.5 Å². The van der Waals surface area contributed by atoms with Gasteiger partial charge in [0.2, 0.25) is 0 Å². The standard InChI is InChI=1S/C19H24O2/c1-4-6-9-14(8-5-2)15-12-13-18(21-3)16-10-7-11-17(20)19(15)16/h7,9-13,20H,4-6,8H2,1-3H3/b14-9+. The number of aromatic hydroxyl groups is 1. The highest BCUT2D eigenvalue weighted by atomic mass is 16.5. The van der Waals surface area contributed by atoms with Crippen molar-refractivity contribution in [3.63, 3.8) is 0 Å². The molecule has 2 nitrogen and oxygen atoms in total. The summed E-state index contributed by atoms with van der Waals surface area (Å²) in [5, 5.41) is 12.2. The fourth-order valence-corrected chi connectivity index (χ4v) is 2.74. The molecule has 1 N–H and O–H groups in total. The van der Waals surface area contributed by atoms with Gasteiger partial charge in [-0.25, -0.2) is 0 Å². The highest BCUT2D eigenvalue weighted by Gasteiger charge is 2.12. The highest BCUT2D eigenvalue weighted by Crippen LogP contribution is 2.38. The van der Waals surface area contributed by atoms with Crippen LogP contribution in [0.1, 0.15) is 45.1 Å². The fourth-order valence-electron chi connectivity index (χ4n) is 2.74. The Hall–Kier alpha value is -1.96. The summed E-state index contributed by atoms with van der Waals surface area (Å²) >= 11 is 0. The van der Waals surface area contributed by atoms with Crippen molar-refractivity contribution in [1.29, 1.82) is 0 Å². The Kier molecular flexibility index (Phi) is 5.26. The first-order chi connectivity index (χ1) is 10.2. The smallest absolute Gasteiger partial charge is 0.126 e. The molecule has 0 heterocycles. The number of phenolic OH excluding ortho intramolecular Hbond substituents is 1.